The van der Waals surface area contributed by atoms with E-state index in [1.54, 1.807) is 48.5 Å². The lowest BCUT2D eigenvalue weighted by Crippen LogP contribution is -2.20. The van der Waals surface area contributed by atoms with Gasteiger partial charge >= 0.3 is 6.18 Å². The molecule has 188 valence electrons. The number of nitrogens with one attached hydrogen (secondary N) is 2. The largest absolute Gasteiger partial charge is 0.493 e. The quantitative estimate of drug-likeness (QED) is 0.240. The van der Waals surface area contributed by atoms with Gasteiger partial charge in [0.1, 0.15) is 0 Å². The van der Waals surface area contributed by atoms with Crippen LogP contribution in [0.25, 0.3) is 6.08 Å². The summed E-state index contributed by atoms with van der Waals surface area (Å²) < 4.78 is 49.9. The van der Waals surface area contributed by atoms with Crippen LogP contribution in [-0.4, -0.2) is 25.5 Å². The predicted octanol–water partition coefficient (Wildman–Crippen LogP) is 5.73. The Morgan fingerprint density at radius 1 is 1.03 bits per heavy atom. The Labute approximate surface area is 213 Å². The van der Waals surface area contributed by atoms with Crippen LogP contribution in [-0.2, 0) is 15.8 Å². The smallest absolute Gasteiger partial charge is 0.416 e. The monoisotopic (exact) mass is 563 g/mol. The molecule has 3 aromatic carbocycles. The fraction of sp³-hybridized carbons (Fsp3) is 0.120. The second-order valence-electron chi connectivity index (χ2n) is 7.38. The number of hydrogen-bond acceptors (Lipinski definition) is 5. The summed E-state index contributed by atoms with van der Waals surface area (Å²) in [6, 6.07) is 14.7. The fourth-order valence-corrected chi connectivity index (χ4v) is 3.52. The number of ether oxygens (including phenoxy) is 2. The third kappa shape index (κ3) is 7.51. The highest BCUT2D eigenvalue weighted by molar-refractivity contribution is 9.10. The first kappa shape index (κ1) is 26.6. The van der Waals surface area contributed by atoms with Crippen LogP contribution in [0.4, 0.5) is 30.2 Å². The van der Waals surface area contributed by atoms with E-state index in [4.69, 9.17) is 15.2 Å². The van der Waals surface area contributed by atoms with Crippen LogP contribution in [0.2, 0.25) is 0 Å². The van der Waals surface area contributed by atoms with Crippen molar-refractivity contribution in [1.29, 1.82) is 0 Å². The molecule has 0 saturated heterocycles. The lowest BCUT2D eigenvalue weighted by Gasteiger charge is -2.13. The highest BCUT2D eigenvalue weighted by Crippen LogP contribution is 2.33. The second kappa shape index (κ2) is 11.6. The molecule has 36 heavy (non-hydrogen) atoms. The average molecular weight is 564 g/mol. The van der Waals surface area contributed by atoms with Crippen LogP contribution in [0.3, 0.4) is 0 Å². The van der Waals surface area contributed by atoms with Gasteiger partial charge < -0.3 is 25.8 Å². The summed E-state index contributed by atoms with van der Waals surface area (Å²) in [5.41, 5.74) is 6.42. The van der Waals surface area contributed by atoms with Gasteiger partial charge in [0.05, 0.1) is 24.0 Å². The van der Waals surface area contributed by atoms with E-state index in [9.17, 15) is 22.8 Å². The average Bonchev–Trinajstić information content (AvgIpc) is 2.82. The SMILES string of the molecule is COc1cc(/C=C/C(=O)Nc2ccccc2N)ccc1OCC(=O)Nc1cc(Br)cc(C(F)(F)F)c1. The topological polar surface area (TPSA) is 103 Å². The van der Waals surface area contributed by atoms with E-state index in [1.807, 2.05) is 0 Å². The number of halogens is 4. The first-order chi connectivity index (χ1) is 17.0. The molecule has 3 aromatic rings. The number of nitrogens with two attached hydrogens (primary N) is 1. The van der Waals surface area contributed by atoms with Gasteiger partial charge in [-0.05, 0) is 54.1 Å². The Bertz CT molecular complexity index is 1300. The van der Waals surface area contributed by atoms with Gasteiger partial charge in [-0.25, -0.2) is 0 Å². The number of rotatable bonds is 8. The molecule has 3 rings (SSSR count). The number of para-hydroxylation sites is 2. The Hall–Kier alpha value is -3.99. The number of hydrogen-bond donors (Lipinski definition) is 3. The maximum Gasteiger partial charge on any atom is 0.416 e. The van der Waals surface area contributed by atoms with Crippen LogP contribution in [0.5, 0.6) is 11.5 Å². The minimum absolute atomic E-state index is 0.0340. The molecule has 0 atom stereocenters. The predicted molar refractivity (Wildman–Crippen MR) is 135 cm³/mol. The first-order valence-corrected chi connectivity index (χ1v) is 11.2. The van der Waals surface area contributed by atoms with E-state index in [1.165, 1.54) is 19.3 Å². The standard InChI is InChI=1S/C25H21BrF3N3O4/c1-35-22-10-15(7-9-23(33)32-20-5-3-2-4-19(20)30)6-8-21(22)36-14-24(34)31-18-12-16(25(27,28)29)11-17(26)13-18/h2-13H,14,30H2,1H3,(H,31,34)(H,32,33)/b9-7+. The van der Waals surface area contributed by atoms with Crippen molar-refractivity contribution < 1.29 is 32.2 Å². The normalized spacial score (nSPS) is 11.2. The molecule has 11 heteroatoms. The molecule has 0 spiro atoms. The van der Waals surface area contributed by atoms with Crippen LogP contribution < -0.4 is 25.8 Å². The molecule has 0 aliphatic heterocycles. The second-order valence-corrected chi connectivity index (χ2v) is 8.30. The Kier molecular flexibility index (Phi) is 8.59. The molecule has 7 nitrogen and oxygen atoms in total. The summed E-state index contributed by atoms with van der Waals surface area (Å²) in [5.74, 6) is -0.523. The van der Waals surface area contributed by atoms with Crippen molar-refractivity contribution in [2.75, 3.05) is 30.1 Å². The Morgan fingerprint density at radius 3 is 2.47 bits per heavy atom. The number of methoxy groups -OCH3 is 1. The highest BCUT2D eigenvalue weighted by Gasteiger charge is 2.31. The van der Waals surface area contributed by atoms with Crippen LogP contribution in [0, 0.1) is 0 Å². The molecule has 0 bridgehead atoms. The third-order valence-corrected chi connectivity index (χ3v) is 5.16. The minimum Gasteiger partial charge on any atom is -0.493 e. The summed E-state index contributed by atoms with van der Waals surface area (Å²) in [6.45, 7) is -0.472. The number of amides is 2. The summed E-state index contributed by atoms with van der Waals surface area (Å²) in [4.78, 5) is 24.4. The molecule has 0 heterocycles. The van der Waals surface area contributed by atoms with E-state index in [0.717, 1.165) is 12.1 Å². The van der Waals surface area contributed by atoms with E-state index in [2.05, 4.69) is 26.6 Å². The highest BCUT2D eigenvalue weighted by atomic mass is 79.9. The summed E-state index contributed by atoms with van der Waals surface area (Å²) >= 11 is 3.00. The van der Waals surface area contributed by atoms with E-state index in [0.29, 0.717) is 22.7 Å². The Morgan fingerprint density at radius 2 is 1.78 bits per heavy atom. The van der Waals surface area contributed by atoms with Crippen molar-refractivity contribution in [2.45, 2.75) is 6.18 Å². The molecule has 0 unspecified atom stereocenters. The van der Waals surface area contributed by atoms with Gasteiger partial charge in [-0.2, -0.15) is 13.2 Å². The van der Waals surface area contributed by atoms with Gasteiger partial charge in [0.15, 0.2) is 18.1 Å². The number of carbonyl (C=O) groups is 2. The third-order valence-electron chi connectivity index (χ3n) is 4.70. The lowest BCUT2D eigenvalue weighted by molar-refractivity contribution is -0.137. The zero-order valence-electron chi connectivity index (χ0n) is 18.9. The lowest BCUT2D eigenvalue weighted by atomic mass is 10.2. The molecule has 0 saturated carbocycles. The maximum atomic E-state index is 13.0. The van der Waals surface area contributed by atoms with Crippen molar-refractivity contribution in [3.63, 3.8) is 0 Å². The molecule has 0 radical (unpaired) electrons. The van der Waals surface area contributed by atoms with Gasteiger partial charge in [0, 0.05) is 16.2 Å². The number of anilines is 3. The number of benzene rings is 3. The minimum atomic E-state index is -4.56. The molecule has 4 N–H and O–H groups in total. The zero-order chi connectivity index (χ0) is 26.3. The van der Waals surface area contributed by atoms with Gasteiger partial charge in [0.2, 0.25) is 5.91 Å². The van der Waals surface area contributed by atoms with Crippen molar-refractivity contribution in [2.24, 2.45) is 0 Å². The maximum absolute atomic E-state index is 13.0. The molecule has 0 aromatic heterocycles. The summed E-state index contributed by atoms with van der Waals surface area (Å²) in [6.07, 6.45) is -1.68. The molecule has 0 aliphatic carbocycles. The number of carbonyl (C=O) groups excluding carboxylic acids is 2. The van der Waals surface area contributed by atoms with Gasteiger partial charge in [-0.1, -0.05) is 34.1 Å². The summed E-state index contributed by atoms with van der Waals surface area (Å²) in [5, 5.41) is 5.04. The van der Waals surface area contributed by atoms with Crippen LogP contribution >= 0.6 is 15.9 Å². The molecule has 2 amide bonds. The van der Waals surface area contributed by atoms with Crippen LogP contribution in [0.1, 0.15) is 11.1 Å². The molecule has 0 fully saturated rings. The number of nitrogen functional groups attached to an aromatic ring is 1. The molecular weight excluding hydrogens is 543 g/mol. The van der Waals surface area contributed by atoms with Gasteiger partial charge in [-0.3, -0.25) is 9.59 Å². The van der Waals surface area contributed by atoms with E-state index in [-0.39, 0.29) is 21.8 Å². The van der Waals surface area contributed by atoms with Gasteiger partial charge in [0.25, 0.3) is 5.91 Å². The molecular formula is C25H21BrF3N3O4. The van der Waals surface area contributed by atoms with Crippen LogP contribution in [0.15, 0.2) is 71.2 Å². The van der Waals surface area contributed by atoms with Gasteiger partial charge in [-0.15, -0.1) is 0 Å². The zero-order valence-corrected chi connectivity index (χ0v) is 20.4. The van der Waals surface area contributed by atoms with Crippen molar-refractivity contribution in [3.8, 4) is 11.5 Å². The van der Waals surface area contributed by atoms with E-state index >= 15 is 0 Å². The van der Waals surface area contributed by atoms with Crippen molar-refractivity contribution in [1.82, 2.24) is 0 Å². The Balaban J connectivity index is 1.61. The molecule has 0 aliphatic rings. The fourth-order valence-electron chi connectivity index (χ4n) is 3.03. The first-order valence-electron chi connectivity index (χ1n) is 10.4. The van der Waals surface area contributed by atoms with E-state index < -0.39 is 24.3 Å². The number of alkyl halides is 3. The van der Waals surface area contributed by atoms with Crippen molar-refractivity contribution in [3.05, 3.63) is 82.3 Å². The summed E-state index contributed by atoms with van der Waals surface area (Å²) in [7, 11) is 1.40. The van der Waals surface area contributed by atoms with Crippen molar-refractivity contribution >= 4 is 50.9 Å².